The number of fused-ring (bicyclic) bond motifs is 1. The van der Waals surface area contributed by atoms with Crippen molar-refractivity contribution in [1.29, 1.82) is 0 Å². The Morgan fingerprint density at radius 2 is 2.00 bits per heavy atom. The second-order valence-corrected chi connectivity index (χ2v) is 6.35. The minimum absolute atomic E-state index is 0.122. The van der Waals surface area contributed by atoms with Gasteiger partial charge < -0.3 is 0 Å². The highest BCUT2D eigenvalue weighted by atomic mass is 35.5. The molecule has 2 aromatic carbocycles. The van der Waals surface area contributed by atoms with Crippen molar-refractivity contribution < 1.29 is 8.42 Å². The highest BCUT2D eigenvalue weighted by Crippen LogP contribution is 2.21. The molecule has 102 valence electrons. The van der Waals surface area contributed by atoms with E-state index >= 15 is 0 Å². The van der Waals surface area contributed by atoms with E-state index in [9.17, 15) is 8.42 Å². The van der Waals surface area contributed by atoms with E-state index in [1.807, 2.05) is 0 Å². The highest BCUT2D eigenvalue weighted by molar-refractivity contribution is 7.92. The van der Waals surface area contributed by atoms with Crippen LogP contribution in [0.25, 0.3) is 10.9 Å². The monoisotopic (exact) mass is 307 g/mol. The van der Waals surface area contributed by atoms with Crippen LogP contribution in [0.2, 0.25) is 5.02 Å². The van der Waals surface area contributed by atoms with Crippen LogP contribution in [0.3, 0.4) is 0 Å². The number of rotatable bonds is 3. The van der Waals surface area contributed by atoms with E-state index in [1.165, 1.54) is 12.1 Å². The van der Waals surface area contributed by atoms with Crippen molar-refractivity contribution in [3.63, 3.8) is 0 Å². The molecular weight excluding hydrogens is 298 g/mol. The molecule has 0 spiro atoms. The molecule has 0 radical (unpaired) electrons. The second-order valence-electron chi connectivity index (χ2n) is 4.23. The van der Waals surface area contributed by atoms with E-state index in [-0.39, 0.29) is 4.90 Å². The van der Waals surface area contributed by atoms with Gasteiger partial charge in [0, 0.05) is 16.1 Å². The number of nitrogens with zero attached hydrogens (tertiary/aromatic N) is 1. The minimum atomic E-state index is -3.65. The molecule has 1 heterocycles. The molecule has 3 aromatic rings. The van der Waals surface area contributed by atoms with Gasteiger partial charge in [0.1, 0.15) is 0 Å². The zero-order chi connectivity index (χ0) is 14.2. The molecule has 0 aliphatic carbocycles. The molecule has 0 aliphatic rings. The Morgan fingerprint density at radius 1 is 1.15 bits per heavy atom. The zero-order valence-corrected chi connectivity index (χ0v) is 11.7. The normalized spacial score (nSPS) is 11.7. The van der Waals surface area contributed by atoms with Gasteiger partial charge in [0.2, 0.25) is 0 Å². The number of nitrogens with one attached hydrogen (secondary N) is 2. The maximum atomic E-state index is 12.2. The zero-order valence-electron chi connectivity index (χ0n) is 10.2. The van der Waals surface area contributed by atoms with Gasteiger partial charge in [-0.2, -0.15) is 5.10 Å². The van der Waals surface area contributed by atoms with Crippen LogP contribution >= 0.6 is 11.6 Å². The molecule has 0 aliphatic heterocycles. The number of aromatic amines is 1. The lowest BCUT2D eigenvalue weighted by Crippen LogP contribution is -2.12. The average Bonchev–Trinajstić information content (AvgIpc) is 2.85. The van der Waals surface area contributed by atoms with Gasteiger partial charge in [-0.1, -0.05) is 17.7 Å². The molecule has 1 aromatic heterocycles. The molecule has 5 nitrogen and oxygen atoms in total. The van der Waals surface area contributed by atoms with Gasteiger partial charge in [0.15, 0.2) is 0 Å². The van der Waals surface area contributed by atoms with Gasteiger partial charge in [0.05, 0.1) is 16.6 Å². The number of anilines is 1. The van der Waals surface area contributed by atoms with Crippen LogP contribution in [0.4, 0.5) is 5.69 Å². The first-order chi connectivity index (χ1) is 9.54. The Balaban J connectivity index is 1.96. The van der Waals surface area contributed by atoms with E-state index < -0.39 is 10.0 Å². The lowest BCUT2D eigenvalue weighted by atomic mass is 10.2. The topological polar surface area (TPSA) is 74.8 Å². The molecule has 0 saturated heterocycles. The fourth-order valence-corrected chi connectivity index (χ4v) is 3.20. The molecule has 2 N–H and O–H groups in total. The largest absolute Gasteiger partial charge is 0.280 e. The Labute approximate surface area is 120 Å². The summed E-state index contributed by atoms with van der Waals surface area (Å²) in [5, 5.41) is 7.90. The van der Waals surface area contributed by atoms with Crippen molar-refractivity contribution in [2.75, 3.05) is 4.72 Å². The number of hydrogen-bond donors (Lipinski definition) is 2. The predicted octanol–water partition coefficient (Wildman–Crippen LogP) is 3.02. The third-order valence-electron chi connectivity index (χ3n) is 2.80. The molecule has 0 bridgehead atoms. The number of halogens is 1. The van der Waals surface area contributed by atoms with Crippen LogP contribution in [-0.2, 0) is 10.0 Å². The Kier molecular flexibility index (Phi) is 3.11. The summed E-state index contributed by atoms with van der Waals surface area (Å²) < 4.78 is 27.0. The smallest absolute Gasteiger partial charge is 0.261 e. The standard InChI is InChI=1S/C13H10ClN3O2S/c14-10-2-1-3-12(7-10)20(18,19)17-11-4-5-13-9(6-11)8-15-16-13/h1-8,17H,(H,15,16). The van der Waals surface area contributed by atoms with Crippen molar-refractivity contribution in [3.05, 3.63) is 53.7 Å². The van der Waals surface area contributed by atoms with Gasteiger partial charge in [-0.3, -0.25) is 9.82 Å². The van der Waals surface area contributed by atoms with Crippen LogP contribution in [-0.4, -0.2) is 18.6 Å². The van der Waals surface area contributed by atoms with Crippen LogP contribution in [0, 0.1) is 0 Å². The summed E-state index contributed by atoms with van der Waals surface area (Å²) in [4.78, 5) is 0.122. The van der Waals surface area contributed by atoms with Crippen molar-refractivity contribution in [2.24, 2.45) is 0 Å². The van der Waals surface area contributed by atoms with Gasteiger partial charge in [-0.05, 0) is 36.4 Å². The SMILES string of the molecule is O=S(=O)(Nc1ccc2[nH]ncc2c1)c1cccc(Cl)c1. The van der Waals surface area contributed by atoms with E-state index in [1.54, 1.807) is 36.5 Å². The molecule has 0 fully saturated rings. The summed E-state index contributed by atoms with van der Waals surface area (Å²) >= 11 is 5.81. The number of H-pyrrole nitrogens is 1. The fourth-order valence-electron chi connectivity index (χ4n) is 1.85. The lowest BCUT2D eigenvalue weighted by Gasteiger charge is -2.08. The molecule has 20 heavy (non-hydrogen) atoms. The number of sulfonamides is 1. The first-order valence-electron chi connectivity index (χ1n) is 5.76. The first-order valence-corrected chi connectivity index (χ1v) is 7.62. The second kappa shape index (κ2) is 4.81. The summed E-state index contributed by atoms with van der Waals surface area (Å²) in [6.45, 7) is 0. The average molecular weight is 308 g/mol. The quantitative estimate of drug-likeness (QED) is 0.781. The molecule has 0 saturated carbocycles. The first kappa shape index (κ1) is 13.0. The van der Waals surface area contributed by atoms with Crippen molar-refractivity contribution in [1.82, 2.24) is 10.2 Å². The van der Waals surface area contributed by atoms with Crippen LogP contribution in [0.5, 0.6) is 0 Å². The van der Waals surface area contributed by atoms with Crippen LogP contribution in [0.15, 0.2) is 53.6 Å². The molecule has 0 amide bonds. The molecule has 0 atom stereocenters. The van der Waals surface area contributed by atoms with Crippen molar-refractivity contribution in [2.45, 2.75) is 4.90 Å². The Morgan fingerprint density at radius 3 is 2.80 bits per heavy atom. The summed E-state index contributed by atoms with van der Waals surface area (Å²) in [7, 11) is -3.65. The molecule has 3 rings (SSSR count). The van der Waals surface area contributed by atoms with Crippen LogP contribution < -0.4 is 4.72 Å². The van der Waals surface area contributed by atoms with Gasteiger partial charge in [-0.25, -0.2) is 8.42 Å². The molecule has 0 unspecified atom stereocenters. The molecule has 7 heteroatoms. The third-order valence-corrected chi connectivity index (χ3v) is 4.41. The lowest BCUT2D eigenvalue weighted by molar-refractivity contribution is 0.601. The predicted molar refractivity (Wildman–Crippen MR) is 78.4 cm³/mol. The number of benzene rings is 2. The van der Waals surface area contributed by atoms with Gasteiger partial charge in [-0.15, -0.1) is 0 Å². The van der Waals surface area contributed by atoms with E-state index in [0.717, 1.165) is 10.9 Å². The minimum Gasteiger partial charge on any atom is -0.280 e. The van der Waals surface area contributed by atoms with Crippen LogP contribution in [0.1, 0.15) is 0 Å². The highest BCUT2D eigenvalue weighted by Gasteiger charge is 2.14. The molecular formula is C13H10ClN3O2S. The summed E-state index contributed by atoms with van der Waals surface area (Å²) in [5.74, 6) is 0. The van der Waals surface area contributed by atoms with E-state index in [4.69, 9.17) is 11.6 Å². The fraction of sp³-hybridized carbons (Fsp3) is 0. The summed E-state index contributed by atoms with van der Waals surface area (Å²) in [5.41, 5.74) is 1.31. The third kappa shape index (κ3) is 2.48. The summed E-state index contributed by atoms with van der Waals surface area (Å²) in [6.07, 6.45) is 1.63. The number of aromatic nitrogens is 2. The maximum Gasteiger partial charge on any atom is 0.261 e. The Hall–Kier alpha value is -2.05. The van der Waals surface area contributed by atoms with Crippen molar-refractivity contribution >= 4 is 38.2 Å². The van der Waals surface area contributed by atoms with E-state index in [2.05, 4.69) is 14.9 Å². The van der Waals surface area contributed by atoms with E-state index in [0.29, 0.717) is 10.7 Å². The Bertz CT molecular complexity index is 874. The summed E-state index contributed by atoms with van der Waals surface area (Å²) in [6, 6.07) is 11.3. The van der Waals surface area contributed by atoms with Crippen molar-refractivity contribution in [3.8, 4) is 0 Å². The number of hydrogen-bond acceptors (Lipinski definition) is 3. The maximum absolute atomic E-state index is 12.2. The van der Waals surface area contributed by atoms with Gasteiger partial charge >= 0.3 is 0 Å². The van der Waals surface area contributed by atoms with Gasteiger partial charge in [0.25, 0.3) is 10.0 Å².